The first kappa shape index (κ1) is 92.2. The highest BCUT2D eigenvalue weighted by atomic mass is 16.4. The number of carboxylic acid groups (broad SMARTS) is 9. The number of hydrogen-bond acceptors (Lipinski definition) is 20. The summed E-state index contributed by atoms with van der Waals surface area (Å²) in [6, 6.07) is 18.3. The second-order valence-corrected chi connectivity index (χ2v) is 22.9. The lowest BCUT2D eigenvalue weighted by Crippen LogP contribution is -2.36. The lowest BCUT2D eigenvalue weighted by molar-refractivity contribution is -0.140. The fourth-order valence-electron chi connectivity index (χ4n) is 7.76. The highest BCUT2D eigenvalue weighted by Gasteiger charge is 2.22. The molecule has 0 unspecified atom stereocenters. The Bertz CT molecular complexity index is 2970. The van der Waals surface area contributed by atoms with Gasteiger partial charge in [0.25, 0.3) is 0 Å². The molecule has 546 valence electrons. The minimum absolute atomic E-state index is 0.0213. The normalized spacial score (nSPS) is 14.9. The van der Waals surface area contributed by atoms with E-state index in [-0.39, 0.29) is 30.7 Å². The third-order valence-electron chi connectivity index (χ3n) is 14.3. The molecule has 1 fully saturated rings. The van der Waals surface area contributed by atoms with Crippen LogP contribution in [0.1, 0.15) is 122 Å². The van der Waals surface area contributed by atoms with Crippen LogP contribution in [-0.2, 0) is 67.2 Å². The molecule has 5 aromatic rings. The van der Waals surface area contributed by atoms with E-state index in [1.54, 1.807) is 0 Å². The number of aromatic nitrogens is 2. The second-order valence-electron chi connectivity index (χ2n) is 22.9. The number of amides is 1. The molecule has 1 aliphatic heterocycles. The first-order valence-corrected chi connectivity index (χ1v) is 31.3. The van der Waals surface area contributed by atoms with Crippen LogP contribution in [0.5, 0.6) is 0 Å². The number of primary amides is 1. The van der Waals surface area contributed by atoms with Gasteiger partial charge in [0.2, 0.25) is 5.91 Å². The lowest BCUT2D eigenvalue weighted by Gasteiger charge is -2.11. The Morgan fingerprint density at radius 3 is 1.13 bits per heavy atom. The smallest absolute Gasteiger partial charge is 0.320 e. The van der Waals surface area contributed by atoms with E-state index in [2.05, 4.69) is 15.3 Å². The number of carboxylic acids is 9. The van der Waals surface area contributed by atoms with Crippen molar-refractivity contribution in [2.24, 2.45) is 75.1 Å². The van der Waals surface area contributed by atoms with Crippen LogP contribution in [-0.4, -0.2) is 183 Å². The van der Waals surface area contributed by atoms with Crippen molar-refractivity contribution in [2.45, 2.75) is 179 Å². The van der Waals surface area contributed by atoms with Crippen molar-refractivity contribution in [3.05, 3.63) is 108 Å². The first-order valence-electron chi connectivity index (χ1n) is 31.3. The van der Waals surface area contributed by atoms with Crippen LogP contribution < -0.4 is 62.7 Å². The minimum atomic E-state index is -1.11. The monoisotopic (exact) mass is 1370 g/mol. The van der Waals surface area contributed by atoms with E-state index in [0.717, 1.165) is 83.6 Å². The molecule has 1 aliphatic rings. The van der Waals surface area contributed by atoms with Crippen molar-refractivity contribution in [3.63, 3.8) is 0 Å². The van der Waals surface area contributed by atoms with E-state index in [9.17, 15) is 47.9 Å². The van der Waals surface area contributed by atoms with Gasteiger partial charge < -0.3 is 119 Å². The van der Waals surface area contributed by atoms with E-state index in [1.165, 1.54) is 0 Å². The predicted octanol–water partition coefficient (Wildman–Crippen LogP) is 2.23. The first-order chi connectivity index (χ1) is 45.3. The summed E-state index contributed by atoms with van der Waals surface area (Å²) in [6.45, 7) is 12.9. The van der Waals surface area contributed by atoms with Gasteiger partial charge in [-0.2, -0.15) is 0 Å². The number of H-pyrrole nitrogens is 2. The number of unbranched alkanes of at least 4 members (excludes halogenated alkanes) is 1. The number of para-hydroxylation sites is 2. The Kier molecular flexibility index (Phi) is 49.7. The molecule has 0 radical (unpaired) electrons. The van der Waals surface area contributed by atoms with E-state index in [4.69, 9.17) is 103 Å². The molecule has 0 bridgehead atoms. The molecule has 3 heterocycles. The number of carbonyl (C=O) groups excluding carboxylic acids is 1. The minimum Gasteiger partial charge on any atom is -0.480 e. The molecule has 6 rings (SSSR count). The third kappa shape index (κ3) is 43.7. The van der Waals surface area contributed by atoms with Gasteiger partial charge in [-0.05, 0) is 105 Å². The fourth-order valence-corrected chi connectivity index (χ4v) is 7.76. The number of aromatic amines is 2. The molecule has 3 aromatic carbocycles. The Labute approximate surface area is 564 Å². The van der Waals surface area contributed by atoms with Gasteiger partial charge in [-0.25, -0.2) is 0 Å². The van der Waals surface area contributed by atoms with Gasteiger partial charge in [0.15, 0.2) is 0 Å². The average molecular weight is 1370 g/mol. The maximum Gasteiger partial charge on any atom is 0.320 e. The highest BCUT2D eigenvalue weighted by Crippen LogP contribution is 2.20. The van der Waals surface area contributed by atoms with Crippen LogP contribution in [0.25, 0.3) is 21.8 Å². The van der Waals surface area contributed by atoms with Crippen LogP contribution in [0.4, 0.5) is 0 Å². The van der Waals surface area contributed by atoms with Gasteiger partial charge >= 0.3 is 53.7 Å². The zero-order valence-electron chi connectivity index (χ0n) is 56.1. The van der Waals surface area contributed by atoms with Gasteiger partial charge in [0.1, 0.15) is 54.4 Å². The molecular formula is C65H107N13O19. The van der Waals surface area contributed by atoms with Crippen LogP contribution in [0.2, 0.25) is 0 Å². The number of hydrogen-bond donors (Lipinski definition) is 22. The fraction of sp³-hybridized carbons (Fsp3) is 0.508. The molecule has 0 aliphatic carbocycles. The van der Waals surface area contributed by atoms with E-state index >= 15 is 0 Å². The van der Waals surface area contributed by atoms with Crippen LogP contribution in [0.3, 0.4) is 0 Å². The van der Waals surface area contributed by atoms with Crippen LogP contribution >= 0.6 is 0 Å². The number of carbonyl (C=O) groups is 10. The Hall–Kier alpha value is -8.96. The summed E-state index contributed by atoms with van der Waals surface area (Å²) < 4.78 is 0. The highest BCUT2D eigenvalue weighted by molar-refractivity contribution is 5.85. The van der Waals surface area contributed by atoms with Gasteiger partial charge in [0.05, 0.1) is 0 Å². The van der Waals surface area contributed by atoms with Crippen molar-refractivity contribution >= 4 is 81.4 Å². The molecule has 0 spiro atoms. The number of fused-ring (bicyclic) bond motifs is 2. The summed E-state index contributed by atoms with van der Waals surface area (Å²) in [5.41, 5.74) is 57.2. The van der Waals surface area contributed by atoms with Crippen molar-refractivity contribution in [1.82, 2.24) is 15.3 Å². The Balaban J connectivity index is -0.00000103. The van der Waals surface area contributed by atoms with Gasteiger partial charge in [-0.1, -0.05) is 128 Å². The number of rotatable bonds is 28. The summed E-state index contributed by atoms with van der Waals surface area (Å²) in [6.07, 6.45) is 11.0. The number of nitrogens with one attached hydrogen (secondary N) is 3. The molecule has 0 saturated carbocycles. The van der Waals surface area contributed by atoms with Crippen LogP contribution in [0, 0.1) is 17.8 Å². The second kappa shape index (κ2) is 52.3. The maximum atomic E-state index is 10.6. The van der Waals surface area contributed by atoms with E-state index < -0.39 is 108 Å². The predicted molar refractivity (Wildman–Crippen MR) is 367 cm³/mol. The van der Waals surface area contributed by atoms with Gasteiger partial charge in [0, 0.05) is 53.5 Å². The summed E-state index contributed by atoms with van der Waals surface area (Å²) in [5, 5.41) is 80.8. The SMILES string of the molecule is CC(C)C[C@H](N)C(=O)O.CC[C@H](C)[C@H](N)C(=O)O.CC[C@H](C)[C@H](N)C(=O)O.NC(=O)CC[C@H](N)C(=O)O.NCCCC[C@H](N)C(=O)O.N[C@@H](Cc1c[nH]c2ccccc12)C(=O)O.N[C@@H](Cc1c[nH]c2ccccc12)C(=O)O.N[C@@H](Cc1ccccc1)C(=O)O.O=C(O)[C@@H]1CCCN1. The zero-order valence-corrected chi connectivity index (χ0v) is 56.1. The van der Waals surface area contributed by atoms with Gasteiger partial charge in [-0.15, -0.1) is 0 Å². The Morgan fingerprint density at radius 2 is 0.845 bits per heavy atom. The number of nitrogens with two attached hydrogens (primary N) is 10. The van der Waals surface area contributed by atoms with Crippen molar-refractivity contribution in [3.8, 4) is 0 Å². The summed E-state index contributed by atoms with van der Waals surface area (Å²) in [4.78, 5) is 109. The summed E-state index contributed by atoms with van der Waals surface area (Å²) in [7, 11) is 0. The lowest BCUT2D eigenvalue weighted by atomic mass is 10.0. The summed E-state index contributed by atoms with van der Waals surface area (Å²) >= 11 is 0. The van der Waals surface area contributed by atoms with Crippen molar-refractivity contribution in [2.75, 3.05) is 13.1 Å². The molecule has 11 atom stereocenters. The van der Waals surface area contributed by atoms with Gasteiger partial charge in [-0.3, -0.25) is 47.9 Å². The van der Waals surface area contributed by atoms with E-state index in [0.29, 0.717) is 44.6 Å². The zero-order chi connectivity index (χ0) is 75.1. The molecule has 32 nitrogen and oxygen atoms in total. The summed E-state index contributed by atoms with van der Waals surface area (Å²) in [5.74, 6) is -8.43. The molecule has 32 N–H and O–H groups in total. The Morgan fingerprint density at radius 1 is 0.474 bits per heavy atom. The molecule has 2 aromatic heterocycles. The molecular weight excluding hydrogens is 1270 g/mol. The van der Waals surface area contributed by atoms with Crippen molar-refractivity contribution in [1.29, 1.82) is 0 Å². The molecule has 32 heteroatoms. The van der Waals surface area contributed by atoms with Crippen LogP contribution in [0.15, 0.2) is 91.3 Å². The standard InChI is InChI=1S/2C11H12N2O2.C9H11NO2.C6H14N2O2.3C6H13NO2.C5H10N2O3.C5H9NO2/c2*12-9(11(14)15)5-7-6-13-10-4-2-1-3-8(7)10;10-8(9(11)12)6-7-4-2-1-3-5-7;7-4-2-1-3-5(8)6(9)10;1-4(2)3-5(7)6(8)9;2*1-3-4(2)5(7)6(8)9;6-3(5(9)10)1-2-4(7)8;7-5(8)4-2-1-3-6-4/h2*1-4,6,9,13H,5,12H2,(H,14,15);1-5,8H,6,10H2,(H,11,12);5H,1-4,7-8H2,(H,9,10);3*4-5H,3,7H2,1-2H3,(H,8,9);3H,1-2,6H2,(H2,7,8)(H,9,10);4,6H,1-3H2,(H,7,8)/t2*9-;8-;2*5-;2*4-,5-;3-;4-/m000000000/s1. The topological polar surface area (TPSA) is 657 Å². The maximum absolute atomic E-state index is 10.6. The number of aliphatic carboxylic acids is 9. The number of benzene rings is 3. The van der Waals surface area contributed by atoms with Crippen molar-refractivity contribution < 1.29 is 93.9 Å². The average Bonchev–Trinajstić information content (AvgIpc) is 1.71. The molecule has 1 amide bonds. The third-order valence-corrected chi connectivity index (χ3v) is 14.3. The molecule has 97 heavy (non-hydrogen) atoms. The largest absolute Gasteiger partial charge is 0.480 e. The quantitative estimate of drug-likeness (QED) is 0.0319. The molecule has 1 saturated heterocycles. The van der Waals surface area contributed by atoms with E-state index in [1.807, 2.05) is 133 Å².